The molecule has 1 aliphatic heterocycles. The van der Waals surface area contributed by atoms with Crippen LogP contribution < -0.4 is 9.47 Å². The van der Waals surface area contributed by atoms with Crippen LogP contribution in [0.4, 0.5) is 5.69 Å². The topological polar surface area (TPSA) is 44.0 Å². The summed E-state index contributed by atoms with van der Waals surface area (Å²) in [6.45, 7) is 11.2. The fourth-order valence-electron chi connectivity index (χ4n) is 5.59. The molecule has 42 heavy (non-hydrogen) atoms. The molecule has 1 saturated heterocycles. The molecule has 2 heterocycles. The first-order valence-electron chi connectivity index (χ1n) is 15.1. The number of fused-ring (bicyclic) bond motifs is 1. The Morgan fingerprint density at radius 3 is 2.02 bits per heavy atom. The van der Waals surface area contributed by atoms with Gasteiger partial charge in [0.15, 0.2) is 0 Å². The van der Waals surface area contributed by atoms with E-state index in [1.807, 2.05) is 11.3 Å². The summed E-state index contributed by atoms with van der Waals surface area (Å²) in [5.74, 6) is 0. The van der Waals surface area contributed by atoms with Crippen molar-refractivity contribution in [3.8, 4) is 0 Å². The Labute approximate surface area is 254 Å². The van der Waals surface area contributed by atoms with Gasteiger partial charge in [0.05, 0.1) is 52.9 Å². The van der Waals surface area contributed by atoms with Gasteiger partial charge in [-0.1, -0.05) is 67.7 Å². The summed E-state index contributed by atoms with van der Waals surface area (Å²) in [6, 6.07) is 17.4. The van der Waals surface area contributed by atoms with E-state index in [4.69, 9.17) is 18.9 Å². The number of hydrogen-bond acceptors (Lipinski definition) is 6. The lowest BCUT2D eigenvalue weighted by Gasteiger charge is -2.30. The third kappa shape index (κ3) is 8.85. The highest BCUT2D eigenvalue weighted by Crippen LogP contribution is 2.39. The van der Waals surface area contributed by atoms with Gasteiger partial charge in [0.25, 0.3) is 5.01 Å². The number of aromatic nitrogens is 1. The van der Waals surface area contributed by atoms with Crippen molar-refractivity contribution in [1.82, 2.24) is 0 Å². The smallest absolute Gasteiger partial charge is 0.262 e. The van der Waals surface area contributed by atoms with Crippen molar-refractivity contribution in [2.45, 2.75) is 26.7 Å². The molecule has 0 bridgehead atoms. The summed E-state index contributed by atoms with van der Waals surface area (Å²) in [5, 5.41) is 1.29. The van der Waals surface area contributed by atoms with Crippen LogP contribution >= 0.6 is 11.3 Å². The molecule has 1 aliphatic carbocycles. The van der Waals surface area contributed by atoms with Crippen molar-refractivity contribution in [1.29, 1.82) is 0 Å². The van der Waals surface area contributed by atoms with Crippen molar-refractivity contribution in [2.75, 3.05) is 70.8 Å². The minimum Gasteiger partial charge on any atom is -0.377 e. The Bertz CT molecular complexity index is 1370. The lowest BCUT2D eigenvalue weighted by Crippen LogP contribution is -2.31. The van der Waals surface area contributed by atoms with E-state index in [1.54, 1.807) is 0 Å². The molecular formula is C35H45N2O4S+. The molecule has 1 aromatic heterocycles. The lowest BCUT2D eigenvalue weighted by atomic mass is 9.75. The van der Waals surface area contributed by atoms with Gasteiger partial charge in [-0.3, -0.25) is 0 Å². The van der Waals surface area contributed by atoms with Gasteiger partial charge in [-0.05, 0) is 53.2 Å². The third-order valence-corrected chi connectivity index (χ3v) is 8.86. The molecule has 0 N–H and O–H groups in total. The molecule has 0 spiro atoms. The molecule has 0 amide bonds. The first kappa shape index (κ1) is 30.6. The van der Waals surface area contributed by atoms with Gasteiger partial charge in [-0.2, -0.15) is 4.57 Å². The van der Waals surface area contributed by atoms with Crippen molar-refractivity contribution < 1.29 is 23.5 Å². The Hall–Kier alpha value is -2.81. The second-order valence-electron chi connectivity index (χ2n) is 11.8. The van der Waals surface area contributed by atoms with Crippen LogP contribution in [0.25, 0.3) is 22.4 Å². The third-order valence-electron chi connectivity index (χ3n) is 7.69. The normalized spacial score (nSPS) is 20.9. The van der Waals surface area contributed by atoms with E-state index in [2.05, 4.69) is 103 Å². The van der Waals surface area contributed by atoms with Crippen molar-refractivity contribution in [2.24, 2.45) is 12.5 Å². The molecule has 0 unspecified atom stereocenters. The van der Waals surface area contributed by atoms with Crippen LogP contribution in [0, 0.1) is 5.41 Å². The quantitative estimate of drug-likeness (QED) is 0.327. The number of aryl methyl sites for hydroxylation is 1. The van der Waals surface area contributed by atoms with E-state index >= 15 is 0 Å². The summed E-state index contributed by atoms with van der Waals surface area (Å²) in [4.78, 5) is 2.33. The molecule has 0 saturated carbocycles. The summed E-state index contributed by atoms with van der Waals surface area (Å²) >= 11 is 1.86. The van der Waals surface area contributed by atoms with E-state index in [-0.39, 0.29) is 5.41 Å². The monoisotopic (exact) mass is 589 g/mol. The molecule has 0 radical (unpaired) electrons. The van der Waals surface area contributed by atoms with Gasteiger partial charge < -0.3 is 23.8 Å². The van der Waals surface area contributed by atoms with Gasteiger partial charge >= 0.3 is 0 Å². The molecule has 1 fully saturated rings. The standard InChI is InChI=1S/C35H45N2O4S/c1-35(2)26-29(24-30(27-35)25-34-36(3)32-6-4-5-7-33(32)42-34)9-8-28-10-12-31(13-11-28)37-14-16-38-18-20-40-22-23-41-21-19-39-17-15-37/h4-13,24-25H,14-23,26-27H2,1-3H3/q+1. The van der Waals surface area contributed by atoms with Crippen LogP contribution in [-0.2, 0) is 26.0 Å². The molecule has 224 valence electrons. The minimum atomic E-state index is 0.222. The number of nitrogens with zero attached hydrogens (tertiary/aromatic N) is 2. The fraction of sp³-hybridized carbons (Fsp3) is 0.457. The number of rotatable bonds is 4. The summed E-state index contributed by atoms with van der Waals surface area (Å²) in [5.41, 5.74) is 6.65. The van der Waals surface area contributed by atoms with Crippen LogP contribution in [0.1, 0.15) is 37.3 Å². The molecule has 6 nitrogen and oxygen atoms in total. The lowest BCUT2D eigenvalue weighted by molar-refractivity contribution is -0.642. The van der Waals surface area contributed by atoms with E-state index in [9.17, 15) is 0 Å². The first-order chi connectivity index (χ1) is 20.5. The number of para-hydroxylation sites is 1. The number of ether oxygens (including phenoxy) is 4. The van der Waals surface area contributed by atoms with E-state index in [0.29, 0.717) is 52.9 Å². The number of anilines is 1. The van der Waals surface area contributed by atoms with E-state index in [0.717, 1.165) is 25.9 Å². The van der Waals surface area contributed by atoms with Crippen LogP contribution in [0.3, 0.4) is 0 Å². The molecule has 7 heteroatoms. The number of hydrogen-bond donors (Lipinski definition) is 0. The Morgan fingerprint density at radius 2 is 1.38 bits per heavy atom. The largest absolute Gasteiger partial charge is 0.377 e. The maximum Gasteiger partial charge on any atom is 0.262 e. The minimum absolute atomic E-state index is 0.222. The van der Waals surface area contributed by atoms with Gasteiger partial charge in [-0.25, -0.2) is 0 Å². The Morgan fingerprint density at radius 1 is 0.762 bits per heavy atom. The van der Waals surface area contributed by atoms with Gasteiger partial charge in [0, 0.05) is 30.9 Å². The molecule has 2 aliphatic rings. The number of thiazole rings is 1. The molecule has 2 aromatic carbocycles. The predicted molar refractivity (Wildman–Crippen MR) is 173 cm³/mol. The van der Waals surface area contributed by atoms with Gasteiger partial charge in [0.2, 0.25) is 5.52 Å². The highest BCUT2D eigenvalue weighted by Gasteiger charge is 2.26. The molecule has 3 aromatic rings. The fourth-order valence-corrected chi connectivity index (χ4v) is 6.72. The maximum atomic E-state index is 5.80. The molecule has 5 rings (SSSR count). The van der Waals surface area contributed by atoms with Crippen LogP contribution in [0.5, 0.6) is 0 Å². The molecular weight excluding hydrogens is 544 g/mol. The SMILES string of the molecule is C[n+]1c(/C=C2C=C(/C=C/c3ccc(N4CCOCCOCCOCCOCC4)cc3)CC(C)(C)C/2)sc2ccccc21. The molecule has 0 atom stereocenters. The zero-order valence-electron chi connectivity index (χ0n) is 25.3. The maximum absolute atomic E-state index is 5.80. The van der Waals surface area contributed by atoms with E-state index < -0.39 is 0 Å². The van der Waals surface area contributed by atoms with Crippen LogP contribution in [0.15, 0.2) is 71.8 Å². The Kier molecular flexibility index (Phi) is 11.0. The zero-order valence-corrected chi connectivity index (χ0v) is 26.2. The first-order valence-corrected chi connectivity index (χ1v) is 15.9. The highest BCUT2D eigenvalue weighted by atomic mass is 32.1. The predicted octanol–water partition coefficient (Wildman–Crippen LogP) is 6.46. The second kappa shape index (κ2) is 15.1. The average Bonchev–Trinajstić information content (AvgIpc) is 3.28. The summed E-state index contributed by atoms with van der Waals surface area (Å²) in [6.07, 6.45) is 11.5. The van der Waals surface area contributed by atoms with E-state index in [1.165, 1.54) is 37.6 Å². The zero-order chi connectivity index (χ0) is 29.2. The van der Waals surface area contributed by atoms with Crippen LogP contribution in [0.2, 0.25) is 0 Å². The Balaban J connectivity index is 1.26. The number of allylic oxidation sites excluding steroid dienone is 4. The van der Waals surface area contributed by atoms with Crippen molar-refractivity contribution in [3.05, 3.63) is 82.4 Å². The van der Waals surface area contributed by atoms with Gasteiger partial charge in [0.1, 0.15) is 11.7 Å². The second-order valence-corrected chi connectivity index (χ2v) is 12.8. The summed E-state index contributed by atoms with van der Waals surface area (Å²) < 4.78 is 26.3. The summed E-state index contributed by atoms with van der Waals surface area (Å²) in [7, 11) is 2.17. The van der Waals surface area contributed by atoms with Gasteiger partial charge in [-0.15, -0.1) is 0 Å². The van der Waals surface area contributed by atoms with Crippen LogP contribution in [-0.4, -0.2) is 65.9 Å². The number of benzene rings is 2. The van der Waals surface area contributed by atoms with Crippen molar-refractivity contribution >= 4 is 39.4 Å². The average molecular weight is 590 g/mol. The highest BCUT2D eigenvalue weighted by molar-refractivity contribution is 7.18. The van der Waals surface area contributed by atoms with Crippen molar-refractivity contribution in [3.63, 3.8) is 0 Å².